The molecule has 0 saturated heterocycles. The zero-order valence-electron chi connectivity index (χ0n) is 14.3. The van der Waals surface area contributed by atoms with Crippen molar-refractivity contribution in [3.63, 3.8) is 0 Å². The lowest BCUT2D eigenvalue weighted by atomic mass is 10.1. The summed E-state index contributed by atoms with van der Waals surface area (Å²) in [6.45, 7) is 9.58. The highest BCUT2D eigenvalue weighted by Crippen LogP contribution is 2.27. The molecule has 4 heteroatoms. The van der Waals surface area contributed by atoms with Gasteiger partial charge < -0.3 is 10.2 Å². The van der Waals surface area contributed by atoms with E-state index in [2.05, 4.69) is 73.2 Å². The minimum atomic E-state index is 0.461. The average molecular weight is 308 g/mol. The normalized spacial score (nSPS) is 14.5. The van der Waals surface area contributed by atoms with E-state index in [0.29, 0.717) is 12.0 Å². The van der Waals surface area contributed by atoms with Crippen molar-refractivity contribution in [2.45, 2.75) is 40.2 Å². The maximum Gasteiger partial charge on any atom is 0.229 e. The Hall–Kier alpha value is -2.36. The van der Waals surface area contributed by atoms with Crippen molar-refractivity contribution in [1.82, 2.24) is 9.97 Å². The van der Waals surface area contributed by atoms with Gasteiger partial charge in [-0.1, -0.05) is 25.1 Å². The average Bonchev–Trinajstić information content (AvgIpc) is 2.57. The fourth-order valence-electron chi connectivity index (χ4n) is 2.73. The third kappa shape index (κ3) is 3.21. The Bertz CT molecular complexity index is 736. The molecule has 3 rings (SSSR count). The monoisotopic (exact) mass is 308 g/mol. The fraction of sp³-hybridized carbons (Fsp3) is 0.368. The van der Waals surface area contributed by atoms with E-state index in [9.17, 15) is 0 Å². The third-order valence-corrected chi connectivity index (χ3v) is 4.55. The maximum atomic E-state index is 4.76. The lowest BCUT2D eigenvalue weighted by molar-refractivity contribution is 0.632. The Morgan fingerprint density at radius 1 is 1.26 bits per heavy atom. The number of aryl methyl sites for hydroxylation is 2. The van der Waals surface area contributed by atoms with Gasteiger partial charge in [0, 0.05) is 30.0 Å². The van der Waals surface area contributed by atoms with Gasteiger partial charge in [-0.2, -0.15) is 4.98 Å². The molecule has 1 atom stereocenters. The highest BCUT2D eigenvalue weighted by Gasteiger charge is 2.20. The first kappa shape index (κ1) is 15.5. The Kier molecular flexibility index (Phi) is 4.33. The second-order valence-corrected chi connectivity index (χ2v) is 6.21. The van der Waals surface area contributed by atoms with Gasteiger partial charge in [0.1, 0.15) is 5.82 Å². The Balaban J connectivity index is 1.90. The molecule has 1 aliphatic heterocycles. The lowest BCUT2D eigenvalue weighted by Gasteiger charge is -2.32. The Morgan fingerprint density at radius 3 is 2.83 bits per heavy atom. The van der Waals surface area contributed by atoms with Crippen LogP contribution in [0.4, 0.5) is 17.5 Å². The molecule has 1 aromatic heterocycles. The smallest absolute Gasteiger partial charge is 0.229 e. The second-order valence-electron chi connectivity index (χ2n) is 6.21. The molecule has 0 aliphatic carbocycles. The number of fused-ring (bicyclic) bond motifs is 1. The molecule has 0 spiro atoms. The highest BCUT2D eigenvalue weighted by atomic mass is 15.2. The van der Waals surface area contributed by atoms with Crippen LogP contribution in [0, 0.1) is 13.8 Å². The van der Waals surface area contributed by atoms with E-state index in [1.54, 1.807) is 0 Å². The summed E-state index contributed by atoms with van der Waals surface area (Å²) >= 11 is 0. The van der Waals surface area contributed by atoms with Crippen LogP contribution >= 0.6 is 0 Å². The molecule has 23 heavy (non-hydrogen) atoms. The largest absolute Gasteiger partial charge is 0.350 e. The van der Waals surface area contributed by atoms with E-state index < -0.39 is 0 Å². The van der Waals surface area contributed by atoms with Gasteiger partial charge in [0.15, 0.2) is 0 Å². The van der Waals surface area contributed by atoms with Gasteiger partial charge in [-0.15, -0.1) is 0 Å². The molecule has 1 aromatic carbocycles. The van der Waals surface area contributed by atoms with E-state index >= 15 is 0 Å². The first-order valence-electron chi connectivity index (χ1n) is 8.23. The minimum absolute atomic E-state index is 0.461. The standard InChI is InChI=1S/C19H24N4/c1-5-15(4)23-10-6-7-16-12-20-19(22-18(16)23)21-17-9-8-13(2)14(3)11-17/h6-9,11-12,15H,5,10H2,1-4H3,(H,20,21,22). The summed E-state index contributed by atoms with van der Waals surface area (Å²) in [6, 6.07) is 6.77. The van der Waals surface area contributed by atoms with Crippen LogP contribution in [0.15, 0.2) is 30.5 Å². The zero-order chi connectivity index (χ0) is 16.4. The van der Waals surface area contributed by atoms with Crippen molar-refractivity contribution in [2.75, 3.05) is 16.8 Å². The van der Waals surface area contributed by atoms with Gasteiger partial charge in [0.05, 0.1) is 0 Å². The summed E-state index contributed by atoms with van der Waals surface area (Å²) in [5.74, 6) is 1.67. The van der Waals surface area contributed by atoms with Crippen LogP contribution < -0.4 is 10.2 Å². The van der Waals surface area contributed by atoms with E-state index in [0.717, 1.165) is 30.0 Å². The molecule has 120 valence electrons. The van der Waals surface area contributed by atoms with Gasteiger partial charge in [-0.3, -0.25) is 0 Å². The van der Waals surface area contributed by atoms with Gasteiger partial charge in [-0.25, -0.2) is 4.98 Å². The summed E-state index contributed by atoms with van der Waals surface area (Å²) in [7, 11) is 0. The molecule has 0 amide bonds. The van der Waals surface area contributed by atoms with Gasteiger partial charge in [0.2, 0.25) is 5.95 Å². The van der Waals surface area contributed by atoms with Gasteiger partial charge >= 0.3 is 0 Å². The third-order valence-electron chi connectivity index (χ3n) is 4.55. The number of hydrogen-bond donors (Lipinski definition) is 1. The molecule has 4 nitrogen and oxygen atoms in total. The van der Waals surface area contributed by atoms with Gasteiger partial charge in [0.25, 0.3) is 0 Å². The second kappa shape index (κ2) is 6.41. The Morgan fingerprint density at radius 2 is 2.09 bits per heavy atom. The maximum absolute atomic E-state index is 4.76. The van der Waals surface area contributed by atoms with Crippen LogP contribution in [0.5, 0.6) is 0 Å². The minimum Gasteiger partial charge on any atom is -0.350 e. The number of nitrogens with zero attached hydrogens (tertiary/aromatic N) is 3. The van der Waals surface area contributed by atoms with Crippen LogP contribution in [-0.4, -0.2) is 22.6 Å². The van der Waals surface area contributed by atoms with Crippen molar-refractivity contribution >= 4 is 23.5 Å². The highest BCUT2D eigenvalue weighted by molar-refractivity contribution is 5.69. The lowest BCUT2D eigenvalue weighted by Crippen LogP contribution is -2.35. The van der Waals surface area contributed by atoms with E-state index in [1.165, 1.54) is 11.1 Å². The number of aromatic nitrogens is 2. The summed E-state index contributed by atoms with van der Waals surface area (Å²) in [5, 5.41) is 3.33. The number of rotatable bonds is 4. The summed E-state index contributed by atoms with van der Waals surface area (Å²) in [4.78, 5) is 11.6. The summed E-state index contributed by atoms with van der Waals surface area (Å²) in [6.07, 6.45) is 7.27. The van der Waals surface area contributed by atoms with E-state index in [-0.39, 0.29) is 0 Å². The molecular formula is C19H24N4. The van der Waals surface area contributed by atoms with Crippen molar-refractivity contribution in [2.24, 2.45) is 0 Å². The summed E-state index contributed by atoms with van der Waals surface area (Å²) in [5.41, 5.74) is 4.66. The Labute approximate surface area is 138 Å². The van der Waals surface area contributed by atoms with Crippen molar-refractivity contribution < 1.29 is 0 Å². The molecule has 0 saturated carbocycles. The van der Waals surface area contributed by atoms with Crippen LogP contribution in [0.1, 0.15) is 37.0 Å². The first-order valence-corrected chi connectivity index (χ1v) is 8.23. The molecule has 1 unspecified atom stereocenters. The molecule has 2 aromatic rings. The van der Waals surface area contributed by atoms with E-state index in [1.807, 2.05) is 6.20 Å². The molecular weight excluding hydrogens is 284 g/mol. The van der Waals surface area contributed by atoms with Crippen LogP contribution in [0.2, 0.25) is 0 Å². The topological polar surface area (TPSA) is 41.1 Å². The van der Waals surface area contributed by atoms with E-state index in [4.69, 9.17) is 4.98 Å². The molecule has 1 aliphatic rings. The number of anilines is 3. The number of nitrogens with one attached hydrogen (secondary N) is 1. The van der Waals surface area contributed by atoms with Crippen molar-refractivity contribution in [1.29, 1.82) is 0 Å². The quantitative estimate of drug-likeness (QED) is 0.905. The number of hydrogen-bond acceptors (Lipinski definition) is 4. The summed E-state index contributed by atoms with van der Waals surface area (Å²) < 4.78 is 0. The van der Waals surface area contributed by atoms with Crippen LogP contribution in [0.3, 0.4) is 0 Å². The number of benzene rings is 1. The molecule has 1 N–H and O–H groups in total. The molecule has 2 heterocycles. The predicted octanol–water partition coefficient (Wildman–Crippen LogP) is 4.47. The van der Waals surface area contributed by atoms with Crippen molar-refractivity contribution in [3.8, 4) is 0 Å². The molecule has 0 bridgehead atoms. The molecule has 0 radical (unpaired) electrons. The van der Waals surface area contributed by atoms with Crippen LogP contribution in [0.25, 0.3) is 6.08 Å². The first-order chi connectivity index (χ1) is 11.1. The fourth-order valence-corrected chi connectivity index (χ4v) is 2.73. The molecule has 0 fully saturated rings. The zero-order valence-corrected chi connectivity index (χ0v) is 14.3. The van der Waals surface area contributed by atoms with Crippen molar-refractivity contribution in [3.05, 3.63) is 47.2 Å². The van der Waals surface area contributed by atoms with Crippen LogP contribution in [-0.2, 0) is 0 Å². The van der Waals surface area contributed by atoms with Gasteiger partial charge in [-0.05, 0) is 50.5 Å². The SMILES string of the molecule is CCC(C)N1CC=Cc2cnc(Nc3ccc(C)c(C)c3)nc21. The predicted molar refractivity (Wildman–Crippen MR) is 97.4 cm³/mol.